The minimum atomic E-state index is -0.382. The van der Waals surface area contributed by atoms with E-state index >= 15 is 0 Å². The van der Waals surface area contributed by atoms with E-state index in [1.54, 1.807) is 18.2 Å². The highest BCUT2D eigenvalue weighted by Crippen LogP contribution is 2.19. The quantitative estimate of drug-likeness (QED) is 0.350. The summed E-state index contributed by atoms with van der Waals surface area (Å²) >= 11 is 6.53. The summed E-state index contributed by atoms with van der Waals surface area (Å²) in [5.41, 5.74) is 7.55. The molecule has 0 bridgehead atoms. The molecular formula is C21H17N3O2S2. The Bertz CT molecular complexity index is 982. The molecule has 2 amide bonds. The average Bonchev–Trinajstić information content (AvgIpc) is 3.25. The van der Waals surface area contributed by atoms with Crippen molar-refractivity contribution in [1.82, 2.24) is 16.2 Å². The van der Waals surface area contributed by atoms with Gasteiger partial charge in [-0.1, -0.05) is 48.5 Å². The highest BCUT2D eigenvalue weighted by Gasteiger charge is 2.07. The molecule has 0 fully saturated rings. The van der Waals surface area contributed by atoms with Crippen molar-refractivity contribution in [3.05, 3.63) is 88.6 Å². The van der Waals surface area contributed by atoms with Crippen molar-refractivity contribution >= 4 is 46.6 Å². The third kappa shape index (κ3) is 5.60. The Labute approximate surface area is 172 Å². The van der Waals surface area contributed by atoms with Crippen LogP contribution in [0.4, 0.5) is 0 Å². The van der Waals surface area contributed by atoms with Gasteiger partial charge in [0.05, 0.1) is 0 Å². The van der Waals surface area contributed by atoms with Gasteiger partial charge in [-0.2, -0.15) is 0 Å². The Kier molecular flexibility index (Phi) is 6.67. The Hall–Kier alpha value is -3.29. The largest absolute Gasteiger partial charge is 0.298 e. The summed E-state index contributed by atoms with van der Waals surface area (Å²) < 4.78 is 0. The normalized spacial score (nSPS) is 10.4. The zero-order chi connectivity index (χ0) is 19.8. The van der Waals surface area contributed by atoms with Crippen LogP contribution in [0.5, 0.6) is 0 Å². The number of carbonyl (C=O) groups is 2. The first-order chi connectivity index (χ1) is 13.6. The molecule has 7 heteroatoms. The molecule has 0 aliphatic carbocycles. The molecule has 0 radical (unpaired) electrons. The van der Waals surface area contributed by atoms with Gasteiger partial charge < -0.3 is 0 Å². The molecule has 140 valence electrons. The van der Waals surface area contributed by atoms with Crippen LogP contribution in [-0.4, -0.2) is 16.9 Å². The van der Waals surface area contributed by atoms with Gasteiger partial charge in [-0.3, -0.25) is 25.8 Å². The van der Waals surface area contributed by atoms with Crippen LogP contribution in [0.2, 0.25) is 0 Å². The van der Waals surface area contributed by atoms with E-state index in [0.717, 1.165) is 16.0 Å². The molecule has 3 N–H and O–H groups in total. The van der Waals surface area contributed by atoms with E-state index in [-0.39, 0.29) is 16.9 Å². The number of benzene rings is 2. The van der Waals surface area contributed by atoms with Gasteiger partial charge in [0, 0.05) is 16.5 Å². The number of hydrogen-bond donors (Lipinski definition) is 3. The van der Waals surface area contributed by atoms with Crippen molar-refractivity contribution in [3.8, 4) is 11.1 Å². The van der Waals surface area contributed by atoms with Crippen LogP contribution in [0.3, 0.4) is 0 Å². The molecule has 0 aliphatic heterocycles. The lowest BCUT2D eigenvalue weighted by Crippen LogP contribution is -2.48. The maximum absolute atomic E-state index is 12.2. The first kappa shape index (κ1) is 19.5. The van der Waals surface area contributed by atoms with E-state index in [9.17, 15) is 9.59 Å². The second kappa shape index (κ2) is 9.59. The van der Waals surface area contributed by atoms with Gasteiger partial charge in [-0.15, -0.1) is 11.3 Å². The second-order valence-electron chi connectivity index (χ2n) is 5.69. The summed E-state index contributed by atoms with van der Waals surface area (Å²) in [5.74, 6) is -0.738. The lowest BCUT2D eigenvalue weighted by Gasteiger charge is -2.10. The van der Waals surface area contributed by atoms with Crippen molar-refractivity contribution in [2.75, 3.05) is 0 Å². The smallest absolute Gasteiger partial charge is 0.269 e. The van der Waals surface area contributed by atoms with Gasteiger partial charge in [0.2, 0.25) is 5.91 Å². The van der Waals surface area contributed by atoms with Gasteiger partial charge >= 0.3 is 0 Å². The van der Waals surface area contributed by atoms with Crippen LogP contribution >= 0.6 is 23.6 Å². The standard InChI is InChI=1S/C21H17N3O2S2/c25-19(13-12-18-7-4-14-28-18)22-21(27)24-23-20(26)17-10-8-16(9-11-17)15-5-2-1-3-6-15/h1-14H,(H,23,26)(H2,22,24,25,27)/b13-12+. The molecule has 0 unspecified atom stereocenters. The number of thiocarbonyl (C=S) groups is 1. The summed E-state index contributed by atoms with van der Waals surface area (Å²) in [5, 5.41) is 4.40. The van der Waals surface area contributed by atoms with Crippen LogP contribution in [0, 0.1) is 0 Å². The fourth-order valence-electron chi connectivity index (χ4n) is 2.36. The number of hydrogen-bond acceptors (Lipinski definition) is 4. The summed E-state index contributed by atoms with van der Waals surface area (Å²) in [6.45, 7) is 0. The molecule has 3 aromatic rings. The number of thiophene rings is 1. The number of rotatable bonds is 4. The van der Waals surface area contributed by atoms with Crippen LogP contribution in [0.1, 0.15) is 15.2 Å². The molecule has 3 rings (SSSR count). The van der Waals surface area contributed by atoms with Crippen LogP contribution < -0.4 is 16.2 Å². The number of amides is 2. The second-order valence-corrected chi connectivity index (χ2v) is 7.08. The summed E-state index contributed by atoms with van der Waals surface area (Å²) in [6, 6.07) is 20.9. The van der Waals surface area contributed by atoms with E-state index in [4.69, 9.17) is 12.2 Å². The molecular weight excluding hydrogens is 390 g/mol. The molecule has 0 spiro atoms. The highest BCUT2D eigenvalue weighted by atomic mass is 32.1. The molecule has 1 heterocycles. The van der Waals surface area contributed by atoms with Crippen molar-refractivity contribution in [3.63, 3.8) is 0 Å². The third-order valence-electron chi connectivity index (χ3n) is 3.72. The summed E-state index contributed by atoms with van der Waals surface area (Å²) in [4.78, 5) is 25.0. The first-order valence-electron chi connectivity index (χ1n) is 8.40. The Morgan fingerprint density at radius 3 is 2.25 bits per heavy atom. The number of nitrogens with one attached hydrogen (secondary N) is 3. The lowest BCUT2D eigenvalue weighted by atomic mass is 10.0. The van der Waals surface area contributed by atoms with E-state index in [1.165, 1.54) is 17.4 Å². The van der Waals surface area contributed by atoms with E-state index in [0.29, 0.717) is 5.56 Å². The van der Waals surface area contributed by atoms with Gasteiger partial charge in [0.15, 0.2) is 5.11 Å². The molecule has 1 aromatic heterocycles. The molecule has 28 heavy (non-hydrogen) atoms. The zero-order valence-corrected chi connectivity index (χ0v) is 16.3. The van der Waals surface area contributed by atoms with E-state index in [1.807, 2.05) is 60.0 Å². The van der Waals surface area contributed by atoms with Crippen LogP contribution in [0.15, 0.2) is 78.2 Å². The number of hydrazine groups is 1. The maximum Gasteiger partial charge on any atom is 0.269 e. The minimum Gasteiger partial charge on any atom is -0.298 e. The van der Waals surface area contributed by atoms with E-state index < -0.39 is 0 Å². The van der Waals surface area contributed by atoms with Gasteiger partial charge in [-0.05, 0) is 53.0 Å². The predicted molar refractivity (Wildman–Crippen MR) is 117 cm³/mol. The predicted octanol–water partition coefficient (Wildman–Crippen LogP) is 3.76. The molecule has 0 atom stereocenters. The van der Waals surface area contributed by atoms with E-state index in [2.05, 4.69) is 16.2 Å². The minimum absolute atomic E-state index is 0.00934. The van der Waals surface area contributed by atoms with Gasteiger partial charge in [0.25, 0.3) is 5.91 Å². The molecule has 5 nitrogen and oxygen atoms in total. The molecule has 0 saturated heterocycles. The zero-order valence-electron chi connectivity index (χ0n) is 14.7. The maximum atomic E-state index is 12.2. The third-order valence-corrected chi connectivity index (χ3v) is 4.76. The van der Waals surface area contributed by atoms with Crippen molar-refractivity contribution in [2.45, 2.75) is 0 Å². The average molecular weight is 408 g/mol. The molecule has 2 aromatic carbocycles. The summed E-state index contributed by atoms with van der Waals surface area (Å²) in [7, 11) is 0. The molecule has 0 saturated carbocycles. The monoisotopic (exact) mass is 407 g/mol. The Morgan fingerprint density at radius 2 is 1.57 bits per heavy atom. The summed E-state index contributed by atoms with van der Waals surface area (Å²) in [6.07, 6.45) is 3.07. The lowest BCUT2D eigenvalue weighted by molar-refractivity contribution is -0.115. The van der Waals surface area contributed by atoms with Gasteiger partial charge in [0.1, 0.15) is 0 Å². The van der Waals surface area contributed by atoms with Crippen molar-refractivity contribution in [2.24, 2.45) is 0 Å². The van der Waals surface area contributed by atoms with Crippen LogP contribution in [0.25, 0.3) is 17.2 Å². The first-order valence-corrected chi connectivity index (χ1v) is 9.69. The fraction of sp³-hybridized carbons (Fsp3) is 0. The highest BCUT2D eigenvalue weighted by molar-refractivity contribution is 7.80. The van der Waals surface area contributed by atoms with Crippen LogP contribution in [-0.2, 0) is 4.79 Å². The SMILES string of the molecule is O=C(/C=C/c1cccs1)NC(=S)NNC(=O)c1ccc(-c2ccccc2)cc1. The van der Waals surface area contributed by atoms with Crippen molar-refractivity contribution in [1.29, 1.82) is 0 Å². The Balaban J connectivity index is 1.48. The number of carbonyl (C=O) groups excluding carboxylic acids is 2. The van der Waals surface area contributed by atoms with Crippen molar-refractivity contribution < 1.29 is 9.59 Å². The fourth-order valence-corrected chi connectivity index (χ4v) is 3.13. The Morgan fingerprint density at radius 1 is 0.857 bits per heavy atom. The topological polar surface area (TPSA) is 70.2 Å². The van der Waals surface area contributed by atoms with Gasteiger partial charge in [-0.25, -0.2) is 0 Å². The molecule has 0 aliphatic rings.